The summed E-state index contributed by atoms with van der Waals surface area (Å²) in [7, 11) is 0. The minimum absolute atomic E-state index is 0.893. The van der Waals surface area contributed by atoms with Gasteiger partial charge in [-0.25, -0.2) is 0 Å². The maximum Gasteiger partial charge on any atom is 0.135 e. The number of benzene rings is 7. The fourth-order valence-corrected chi connectivity index (χ4v) is 7.56. The molecule has 0 unspecified atom stereocenters. The number of nitrogens with zero attached hydrogens (tertiary/aromatic N) is 2. The zero-order valence-corrected chi connectivity index (χ0v) is 25.5. The average molecular weight is 601 g/mol. The number of anilines is 3. The lowest BCUT2D eigenvalue weighted by Gasteiger charge is -2.27. The Balaban J connectivity index is 1.35. The first-order valence-corrected chi connectivity index (χ1v) is 16.0. The van der Waals surface area contributed by atoms with Gasteiger partial charge < -0.3 is 13.9 Å². The van der Waals surface area contributed by atoms with Gasteiger partial charge in [0.1, 0.15) is 11.2 Å². The molecule has 1 aliphatic rings. The van der Waals surface area contributed by atoms with Crippen molar-refractivity contribution >= 4 is 49.9 Å². The smallest absolute Gasteiger partial charge is 0.135 e. The van der Waals surface area contributed by atoms with Gasteiger partial charge in [0.05, 0.1) is 22.6 Å². The van der Waals surface area contributed by atoms with E-state index in [2.05, 4.69) is 167 Å². The van der Waals surface area contributed by atoms with E-state index in [1.165, 1.54) is 44.4 Å². The van der Waals surface area contributed by atoms with Crippen molar-refractivity contribution in [3.8, 4) is 39.2 Å². The number of hydrogen-bond donors (Lipinski definition) is 0. The van der Waals surface area contributed by atoms with Crippen LogP contribution in [0.4, 0.5) is 17.1 Å². The fourth-order valence-electron chi connectivity index (χ4n) is 7.56. The minimum Gasteiger partial charge on any atom is -0.456 e. The van der Waals surface area contributed by atoms with E-state index in [1.807, 2.05) is 12.1 Å². The van der Waals surface area contributed by atoms with E-state index in [-0.39, 0.29) is 0 Å². The van der Waals surface area contributed by atoms with E-state index in [0.29, 0.717) is 0 Å². The van der Waals surface area contributed by atoms with Crippen LogP contribution in [-0.4, -0.2) is 4.57 Å². The molecule has 1 aliphatic heterocycles. The summed E-state index contributed by atoms with van der Waals surface area (Å²) in [5, 5.41) is 3.46. The summed E-state index contributed by atoms with van der Waals surface area (Å²) >= 11 is 0. The van der Waals surface area contributed by atoms with Crippen molar-refractivity contribution in [2.24, 2.45) is 0 Å². The summed E-state index contributed by atoms with van der Waals surface area (Å²) in [6, 6.07) is 60.8. The monoisotopic (exact) mass is 600 g/mol. The van der Waals surface area contributed by atoms with Crippen molar-refractivity contribution in [1.29, 1.82) is 0 Å². The van der Waals surface area contributed by atoms with Crippen LogP contribution in [0.15, 0.2) is 174 Å². The number of rotatable bonds is 3. The molecule has 2 aromatic heterocycles. The summed E-state index contributed by atoms with van der Waals surface area (Å²) in [6.07, 6.45) is 0. The molecule has 0 saturated carbocycles. The quantitative estimate of drug-likeness (QED) is 0.201. The van der Waals surface area contributed by atoms with Gasteiger partial charge in [-0.1, -0.05) is 121 Å². The third-order valence-electron chi connectivity index (χ3n) is 9.52. The second kappa shape index (κ2) is 10.1. The molecule has 7 aromatic carbocycles. The largest absolute Gasteiger partial charge is 0.456 e. The predicted molar refractivity (Wildman–Crippen MR) is 195 cm³/mol. The Bertz CT molecular complexity index is 2630. The Hall–Kier alpha value is -6.32. The molecule has 0 N–H and O–H groups in total. The van der Waals surface area contributed by atoms with Crippen LogP contribution in [0.5, 0.6) is 0 Å². The van der Waals surface area contributed by atoms with E-state index in [0.717, 1.165) is 44.7 Å². The van der Waals surface area contributed by atoms with Crippen LogP contribution in [0.1, 0.15) is 0 Å². The number of furan rings is 1. The van der Waals surface area contributed by atoms with Crippen molar-refractivity contribution in [1.82, 2.24) is 4.57 Å². The Morgan fingerprint density at radius 2 is 1.02 bits per heavy atom. The maximum absolute atomic E-state index is 6.24. The molecule has 0 amide bonds. The van der Waals surface area contributed by atoms with Crippen LogP contribution in [0.2, 0.25) is 0 Å². The molecule has 0 saturated heterocycles. The topological polar surface area (TPSA) is 21.3 Å². The first-order chi connectivity index (χ1) is 23.3. The van der Waals surface area contributed by atoms with Gasteiger partial charge in [0, 0.05) is 49.8 Å². The molecule has 3 nitrogen and oxygen atoms in total. The van der Waals surface area contributed by atoms with Gasteiger partial charge in [-0.15, -0.1) is 0 Å². The third-order valence-corrected chi connectivity index (χ3v) is 9.52. The van der Waals surface area contributed by atoms with Gasteiger partial charge in [0.25, 0.3) is 0 Å². The molecule has 10 rings (SSSR count). The third kappa shape index (κ3) is 3.81. The van der Waals surface area contributed by atoms with Crippen LogP contribution < -0.4 is 4.90 Å². The Kier molecular flexibility index (Phi) is 5.57. The molecule has 47 heavy (non-hydrogen) atoms. The van der Waals surface area contributed by atoms with Crippen molar-refractivity contribution in [2.45, 2.75) is 0 Å². The highest BCUT2D eigenvalue weighted by Gasteiger charge is 2.32. The number of hydrogen-bond acceptors (Lipinski definition) is 2. The second-order valence-corrected chi connectivity index (χ2v) is 12.1. The van der Waals surface area contributed by atoms with Crippen LogP contribution in [-0.2, 0) is 0 Å². The lowest BCUT2D eigenvalue weighted by atomic mass is 9.96. The molecule has 0 spiro atoms. The van der Waals surface area contributed by atoms with Crippen molar-refractivity contribution < 1.29 is 4.42 Å². The molecule has 0 radical (unpaired) electrons. The van der Waals surface area contributed by atoms with Crippen molar-refractivity contribution in [3.63, 3.8) is 0 Å². The maximum atomic E-state index is 6.24. The second-order valence-electron chi connectivity index (χ2n) is 12.1. The molecule has 0 atom stereocenters. The van der Waals surface area contributed by atoms with Gasteiger partial charge >= 0.3 is 0 Å². The molecule has 0 fully saturated rings. The van der Waals surface area contributed by atoms with Crippen molar-refractivity contribution in [3.05, 3.63) is 170 Å². The Morgan fingerprint density at radius 1 is 0.404 bits per heavy atom. The zero-order chi connectivity index (χ0) is 30.9. The van der Waals surface area contributed by atoms with Crippen LogP contribution in [0.25, 0.3) is 72.0 Å². The summed E-state index contributed by atoms with van der Waals surface area (Å²) in [5.74, 6) is 0. The SMILES string of the molecule is c1ccc(-c2cccc3c4c(n(-c5ccccc5)c23)-c2ccccc2N(c2ccc3oc5ccccc5c3c2)c2ccccc2-4)cc1. The van der Waals surface area contributed by atoms with E-state index in [9.17, 15) is 0 Å². The summed E-state index contributed by atoms with van der Waals surface area (Å²) in [6.45, 7) is 0. The summed E-state index contributed by atoms with van der Waals surface area (Å²) in [4.78, 5) is 2.42. The molecule has 220 valence electrons. The summed E-state index contributed by atoms with van der Waals surface area (Å²) in [5.41, 5.74) is 14.7. The Labute approximate surface area is 272 Å². The molecule has 3 heteroatoms. The van der Waals surface area contributed by atoms with Gasteiger partial charge in [-0.3, -0.25) is 0 Å². The molecule has 0 bridgehead atoms. The highest BCUT2D eigenvalue weighted by atomic mass is 16.3. The number of fused-ring (bicyclic) bond motifs is 10. The lowest BCUT2D eigenvalue weighted by Crippen LogP contribution is -2.11. The van der Waals surface area contributed by atoms with E-state index < -0.39 is 0 Å². The predicted octanol–water partition coefficient (Wildman–Crippen LogP) is 12.3. The molecular weight excluding hydrogens is 572 g/mol. The zero-order valence-electron chi connectivity index (χ0n) is 25.5. The number of aromatic nitrogens is 1. The standard InChI is InChI=1S/C44H28N2O/c1-3-14-29(15-4-1)32-21-13-22-36-42-34-19-7-10-23-38(34)45(31-26-27-41-37(28-31)33-18-9-12-25-40(33)47-41)39-24-11-8-20-35(39)44(42)46(43(32)36)30-16-5-2-6-17-30/h1-28H. The summed E-state index contributed by atoms with van der Waals surface area (Å²) < 4.78 is 8.72. The van der Waals surface area contributed by atoms with Gasteiger partial charge in [-0.2, -0.15) is 0 Å². The first kappa shape index (κ1) is 26.0. The Morgan fingerprint density at radius 3 is 1.85 bits per heavy atom. The average Bonchev–Trinajstić information content (AvgIpc) is 3.65. The van der Waals surface area contributed by atoms with Crippen LogP contribution >= 0.6 is 0 Å². The van der Waals surface area contributed by atoms with Gasteiger partial charge in [0.2, 0.25) is 0 Å². The number of para-hydroxylation sites is 5. The first-order valence-electron chi connectivity index (χ1n) is 16.0. The molecule has 0 aliphatic carbocycles. The van der Waals surface area contributed by atoms with Gasteiger partial charge in [0.15, 0.2) is 0 Å². The van der Waals surface area contributed by atoms with Crippen molar-refractivity contribution in [2.75, 3.05) is 4.90 Å². The molecule has 3 heterocycles. The highest BCUT2D eigenvalue weighted by Crippen LogP contribution is 2.55. The fraction of sp³-hybridized carbons (Fsp3) is 0. The molecular formula is C44H28N2O. The van der Waals surface area contributed by atoms with Crippen LogP contribution in [0.3, 0.4) is 0 Å². The lowest BCUT2D eigenvalue weighted by molar-refractivity contribution is 0.669. The van der Waals surface area contributed by atoms with E-state index in [1.54, 1.807) is 0 Å². The minimum atomic E-state index is 0.893. The van der Waals surface area contributed by atoms with E-state index in [4.69, 9.17) is 4.42 Å². The van der Waals surface area contributed by atoms with Crippen LogP contribution in [0, 0.1) is 0 Å². The highest BCUT2D eigenvalue weighted by molar-refractivity contribution is 6.16. The van der Waals surface area contributed by atoms with E-state index >= 15 is 0 Å². The van der Waals surface area contributed by atoms with Gasteiger partial charge in [-0.05, 0) is 54.1 Å². The molecule has 9 aromatic rings. The normalized spacial score (nSPS) is 12.2.